The fourth-order valence-electron chi connectivity index (χ4n) is 3.86. The Hall–Kier alpha value is -1.35. The third-order valence-corrected chi connectivity index (χ3v) is 5.24. The van der Waals surface area contributed by atoms with E-state index in [1.54, 1.807) is 5.56 Å². The molecule has 2 aliphatic carbocycles. The van der Waals surface area contributed by atoms with Gasteiger partial charge in [0.05, 0.1) is 0 Å². The van der Waals surface area contributed by atoms with E-state index in [0.29, 0.717) is 12.1 Å². The summed E-state index contributed by atoms with van der Waals surface area (Å²) in [7, 11) is 0. The van der Waals surface area contributed by atoms with Gasteiger partial charge in [-0.3, -0.25) is 4.79 Å². The predicted molar refractivity (Wildman–Crippen MR) is 85.0 cm³/mol. The molecule has 1 saturated carbocycles. The van der Waals surface area contributed by atoms with Crippen molar-refractivity contribution >= 4 is 5.91 Å². The molecule has 3 N–H and O–H groups in total. The van der Waals surface area contributed by atoms with Gasteiger partial charge < -0.3 is 11.1 Å². The topological polar surface area (TPSA) is 55.1 Å². The number of primary amides is 1. The molecular formula is C18H26N2O. The number of amides is 1. The maximum atomic E-state index is 11.2. The molecule has 1 unspecified atom stereocenters. The Morgan fingerprint density at radius 1 is 1.19 bits per heavy atom. The third-order valence-electron chi connectivity index (χ3n) is 5.24. The molecule has 1 atom stereocenters. The second kappa shape index (κ2) is 6.18. The van der Waals surface area contributed by atoms with Crippen LogP contribution in [0.4, 0.5) is 0 Å². The van der Waals surface area contributed by atoms with Gasteiger partial charge in [0, 0.05) is 18.0 Å². The normalized spacial score (nSPS) is 26.3. The van der Waals surface area contributed by atoms with Crippen molar-refractivity contribution in [3.63, 3.8) is 0 Å². The van der Waals surface area contributed by atoms with Crippen molar-refractivity contribution in [2.45, 2.75) is 64.0 Å². The molecule has 0 heterocycles. The number of aryl methyl sites for hydroxylation is 2. The van der Waals surface area contributed by atoms with E-state index in [1.807, 2.05) is 0 Å². The maximum absolute atomic E-state index is 11.2. The minimum absolute atomic E-state index is 0.0957. The molecule has 0 aromatic heterocycles. The van der Waals surface area contributed by atoms with Gasteiger partial charge in [-0.2, -0.15) is 0 Å². The van der Waals surface area contributed by atoms with Crippen molar-refractivity contribution in [2.75, 3.05) is 0 Å². The Morgan fingerprint density at radius 3 is 2.62 bits per heavy atom. The second-order valence-electron chi connectivity index (χ2n) is 6.72. The lowest BCUT2D eigenvalue weighted by atomic mass is 9.85. The van der Waals surface area contributed by atoms with E-state index >= 15 is 0 Å². The number of fused-ring (bicyclic) bond motifs is 1. The van der Waals surface area contributed by atoms with Gasteiger partial charge in [0.25, 0.3) is 0 Å². The van der Waals surface area contributed by atoms with E-state index in [-0.39, 0.29) is 11.8 Å². The molecule has 2 aliphatic rings. The molecule has 0 spiro atoms. The van der Waals surface area contributed by atoms with Crippen molar-refractivity contribution in [1.82, 2.24) is 5.32 Å². The highest BCUT2D eigenvalue weighted by Crippen LogP contribution is 2.28. The van der Waals surface area contributed by atoms with Crippen molar-refractivity contribution in [1.29, 1.82) is 0 Å². The SMILES string of the molecule is CC(NC1CCC(C(N)=O)CC1)c1ccc2c(c1)CCC2. The number of carbonyl (C=O) groups excluding carboxylic acids is 1. The zero-order valence-corrected chi connectivity index (χ0v) is 12.9. The molecule has 0 radical (unpaired) electrons. The summed E-state index contributed by atoms with van der Waals surface area (Å²) in [5, 5.41) is 3.73. The summed E-state index contributed by atoms with van der Waals surface area (Å²) in [6.45, 7) is 2.25. The van der Waals surface area contributed by atoms with Gasteiger partial charge in [-0.15, -0.1) is 0 Å². The summed E-state index contributed by atoms with van der Waals surface area (Å²) in [5.74, 6) is -0.0292. The van der Waals surface area contributed by atoms with E-state index in [0.717, 1.165) is 25.7 Å². The summed E-state index contributed by atoms with van der Waals surface area (Å²) in [6.07, 6.45) is 7.77. The van der Waals surface area contributed by atoms with Gasteiger partial charge >= 0.3 is 0 Å². The number of hydrogen-bond acceptors (Lipinski definition) is 2. The minimum Gasteiger partial charge on any atom is -0.369 e. The number of nitrogens with one attached hydrogen (secondary N) is 1. The molecule has 0 aliphatic heterocycles. The van der Waals surface area contributed by atoms with Crippen LogP contribution in [0.25, 0.3) is 0 Å². The Bertz CT molecular complexity index is 518. The highest BCUT2D eigenvalue weighted by Gasteiger charge is 2.25. The summed E-state index contributed by atoms with van der Waals surface area (Å²) >= 11 is 0. The Labute approximate surface area is 127 Å². The van der Waals surface area contributed by atoms with Crippen LogP contribution in [0.15, 0.2) is 18.2 Å². The molecule has 21 heavy (non-hydrogen) atoms. The quantitative estimate of drug-likeness (QED) is 0.894. The summed E-state index contributed by atoms with van der Waals surface area (Å²) in [6, 6.07) is 7.86. The fraction of sp³-hybridized carbons (Fsp3) is 0.611. The zero-order chi connectivity index (χ0) is 14.8. The van der Waals surface area contributed by atoms with Gasteiger partial charge in [-0.25, -0.2) is 0 Å². The molecule has 0 saturated heterocycles. The van der Waals surface area contributed by atoms with E-state index in [2.05, 4.69) is 30.4 Å². The van der Waals surface area contributed by atoms with Crippen LogP contribution >= 0.6 is 0 Å². The molecule has 3 nitrogen and oxygen atoms in total. The lowest BCUT2D eigenvalue weighted by Gasteiger charge is -2.30. The highest BCUT2D eigenvalue weighted by molar-refractivity contribution is 5.76. The van der Waals surface area contributed by atoms with Crippen LogP contribution in [0, 0.1) is 5.92 Å². The summed E-state index contributed by atoms with van der Waals surface area (Å²) < 4.78 is 0. The van der Waals surface area contributed by atoms with E-state index in [1.165, 1.54) is 30.4 Å². The number of hydrogen-bond donors (Lipinski definition) is 2. The van der Waals surface area contributed by atoms with E-state index in [4.69, 9.17) is 5.73 Å². The average molecular weight is 286 g/mol. The number of benzene rings is 1. The van der Waals surface area contributed by atoms with Crippen LogP contribution in [-0.2, 0) is 17.6 Å². The lowest BCUT2D eigenvalue weighted by molar-refractivity contribution is -0.122. The van der Waals surface area contributed by atoms with Crippen molar-refractivity contribution in [3.05, 3.63) is 34.9 Å². The third kappa shape index (κ3) is 3.29. The molecule has 3 heteroatoms. The fourth-order valence-corrected chi connectivity index (χ4v) is 3.86. The first-order chi connectivity index (χ1) is 10.1. The molecule has 114 valence electrons. The van der Waals surface area contributed by atoms with Gasteiger partial charge in [-0.1, -0.05) is 18.2 Å². The van der Waals surface area contributed by atoms with Gasteiger partial charge in [0.2, 0.25) is 5.91 Å². The minimum atomic E-state index is -0.125. The first-order valence-corrected chi connectivity index (χ1v) is 8.30. The number of carbonyl (C=O) groups is 1. The summed E-state index contributed by atoms with van der Waals surface area (Å²) in [5.41, 5.74) is 9.87. The van der Waals surface area contributed by atoms with Crippen LogP contribution in [-0.4, -0.2) is 11.9 Å². The van der Waals surface area contributed by atoms with Gasteiger partial charge in [0.15, 0.2) is 0 Å². The lowest BCUT2D eigenvalue weighted by Crippen LogP contribution is -2.37. The van der Waals surface area contributed by atoms with E-state index < -0.39 is 0 Å². The number of nitrogens with two attached hydrogens (primary N) is 1. The van der Waals surface area contributed by atoms with Crippen LogP contribution in [0.2, 0.25) is 0 Å². The van der Waals surface area contributed by atoms with Crippen molar-refractivity contribution in [2.24, 2.45) is 11.7 Å². The molecule has 1 aromatic carbocycles. The van der Waals surface area contributed by atoms with Crippen molar-refractivity contribution < 1.29 is 4.79 Å². The smallest absolute Gasteiger partial charge is 0.220 e. The predicted octanol–water partition coefficient (Wildman–Crippen LogP) is 2.87. The second-order valence-corrected chi connectivity index (χ2v) is 6.72. The first kappa shape index (κ1) is 14.6. The molecule has 3 rings (SSSR count). The van der Waals surface area contributed by atoms with Crippen LogP contribution in [0.1, 0.15) is 61.8 Å². The molecular weight excluding hydrogens is 260 g/mol. The average Bonchev–Trinajstić information content (AvgIpc) is 2.95. The molecule has 1 amide bonds. The van der Waals surface area contributed by atoms with Crippen LogP contribution in [0.3, 0.4) is 0 Å². The molecule has 1 fully saturated rings. The number of rotatable bonds is 4. The summed E-state index contributed by atoms with van der Waals surface area (Å²) in [4.78, 5) is 11.2. The van der Waals surface area contributed by atoms with Gasteiger partial charge in [-0.05, 0) is 68.6 Å². The maximum Gasteiger partial charge on any atom is 0.220 e. The van der Waals surface area contributed by atoms with Gasteiger partial charge in [0.1, 0.15) is 0 Å². The molecule has 0 bridgehead atoms. The Balaban J connectivity index is 1.57. The Kier molecular flexibility index (Phi) is 4.29. The molecule has 1 aromatic rings. The largest absolute Gasteiger partial charge is 0.369 e. The van der Waals surface area contributed by atoms with Crippen LogP contribution in [0.5, 0.6) is 0 Å². The first-order valence-electron chi connectivity index (χ1n) is 8.30. The Morgan fingerprint density at radius 2 is 1.90 bits per heavy atom. The van der Waals surface area contributed by atoms with Crippen molar-refractivity contribution in [3.8, 4) is 0 Å². The zero-order valence-electron chi connectivity index (χ0n) is 12.9. The standard InChI is InChI=1S/C18H26N2O/c1-12(15-6-5-13-3-2-4-16(13)11-15)20-17-9-7-14(8-10-17)18(19)21/h5-6,11-12,14,17,20H,2-4,7-10H2,1H3,(H2,19,21). The monoisotopic (exact) mass is 286 g/mol. The van der Waals surface area contributed by atoms with Crippen LogP contribution < -0.4 is 11.1 Å². The highest BCUT2D eigenvalue weighted by atomic mass is 16.1. The van der Waals surface area contributed by atoms with E-state index in [9.17, 15) is 4.79 Å².